The van der Waals surface area contributed by atoms with Crippen molar-refractivity contribution in [1.29, 1.82) is 0 Å². The maximum absolute atomic E-state index is 11.7. The first kappa shape index (κ1) is 18.6. The topological polar surface area (TPSA) is 47.9 Å². The Morgan fingerprint density at radius 1 is 1.00 bits per heavy atom. The standard InChI is InChI=1S/C23H23NO3/c1-23(2,3)22-24-19-13-9-8-12-18(19)21(27-22)17(14-15-20(25)26-4)16-10-6-5-7-11-16/h5-15H,1-4H3/b15-14+,21-17-. The minimum Gasteiger partial charge on any atom is -0.466 e. The average Bonchev–Trinajstić information content (AvgIpc) is 2.67. The molecule has 0 radical (unpaired) electrons. The minimum absolute atomic E-state index is 0.257. The molecule has 0 spiro atoms. The Bertz CT molecular complexity index is 932. The van der Waals surface area contributed by atoms with Crippen molar-refractivity contribution in [1.82, 2.24) is 0 Å². The Labute approximate surface area is 159 Å². The van der Waals surface area contributed by atoms with Crippen LogP contribution in [0.15, 0.2) is 71.7 Å². The molecule has 1 heterocycles. The maximum atomic E-state index is 11.7. The summed E-state index contributed by atoms with van der Waals surface area (Å²) < 4.78 is 11.0. The van der Waals surface area contributed by atoms with E-state index in [9.17, 15) is 4.79 Å². The molecule has 0 bridgehead atoms. The van der Waals surface area contributed by atoms with Crippen LogP contribution in [-0.2, 0) is 14.3 Å². The highest BCUT2D eigenvalue weighted by molar-refractivity contribution is 6.04. The Morgan fingerprint density at radius 2 is 1.67 bits per heavy atom. The third-order valence-corrected chi connectivity index (χ3v) is 4.13. The van der Waals surface area contributed by atoms with Crippen LogP contribution in [0.5, 0.6) is 0 Å². The van der Waals surface area contributed by atoms with E-state index in [1.54, 1.807) is 6.08 Å². The van der Waals surface area contributed by atoms with Crippen LogP contribution in [0, 0.1) is 5.41 Å². The van der Waals surface area contributed by atoms with Gasteiger partial charge in [-0.2, -0.15) is 0 Å². The third-order valence-electron chi connectivity index (χ3n) is 4.13. The third kappa shape index (κ3) is 4.17. The van der Waals surface area contributed by atoms with E-state index in [0.29, 0.717) is 11.7 Å². The summed E-state index contributed by atoms with van der Waals surface area (Å²) in [4.78, 5) is 16.4. The molecular formula is C23H23NO3. The van der Waals surface area contributed by atoms with Crippen molar-refractivity contribution in [3.05, 3.63) is 77.9 Å². The lowest BCUT2D eigenvalue weighted by Gasteiger charge is -2.28. The number of carbonyl (C=O) groups is 1. The fraction of sp³-hybridized carbons (Fsp3) is 0.217. The van der Waals surface area contributed by atoms with Crippen molar-refractivity contribution in [2.24, 2.45) is 10.4 Å². The summed E-state index contributed by atoms with van der Waals surface area (Å²) in [5, 5.41) is 0. The minimum atomic E-state index is -0.419. The van der Waals surface area contributed by atoms with E-state index in [2.05, 4.69) is 20.8 Å². The molecule has 4 nitrogen and oxygen atoms in total. The Balaban J connectivity index is 2.25. The zero-order valence-corrected chi connectivity index (χ0v) is 16.0. The highest BCUT2D eigenvalue weighted by atomic mass is 16.5. The van der Waals surface area contributed by atoms with Gasteiger partial charge in [0.05, 0.1) is 12.8 Å². The summed E-state index contributed by atoms with van der Waals surface area (Å²) in [7, 11) is 1.36. The fourth-order valence-electron chi connectivity index (χ4n) is 2.71. The number of hydrogen-bond acceptors (Lipinski definition) is 4. The van der Waals surface area contributed by atoms with Gasteiger partial charge in [0.15, 0.2) is 0 Å². The van der Waals surface area contributed by atoms with Crippen molar-refractivity contribution < 1.29 is 14.3 Å². The van der Waals surface area contributed by atoms with Gasteiger partial charge in [-0.05, 0) is 23.8 Å². The molecule has 27 heavy (non-hydrogen) atoms. The Kier molecular flexibility index (Phi) is 5.26. The second kappa shape index (κ2) is 7.62. The second-order valence-electron chi connectivity index (χ2n) is 7.25. The van der Waals surface area contributed by atoms with Gasteiger partial charge in [-0.15, -0.1) is 0 Å². The van der Waals surface area contributed by atoms with E-state index in [1.165, 1.54) is 13.2 Å². The number of esters is 1. The van der Waals surface area contributed by atoms with E-state index in [0.717, 1.165) is 22.4 Å². The molecule has 0 fully saturated rings. The number of benzene rings is 2. The molecule has 0 aromatic heterocycles. The van der Waals surface area contributed by atoms with E-state index in [-0.39, 0.29) is 5.41 Å². The summed E-state index contributed by atoms with van der Waals surface area (Å²) in [5.74, 6) is 0.894. The number of carbonyl (C=O) groups excluding carboxylic acids is 1. The predicted octanol–water partition coefficient (Wildman–Crippen LogP) is 5.39. The Hall–Kier alpha value is -3.14. The lowest BCUT2D eigenvalue weighted by Crippen LogP contribution is -2.25. The highest BCUT2D eigenvalue weighted by Crippen LogP contribution is 2.40. The highest BCUT2D eigenvalue weighted by Gasteiger charge is 2.29. The van der Waals surface area contributed by atoms with E-state index in [1.807, 2.05) is 54.6 Å². The molecule has 2 aromatic carbocycles. The molecule has 1 aliphatic heterocycles. The van der Waals surface area contributed by atoms with Crippen LogP contribution in [0.1, 0.15) is 31.9 Å². The summed E-state index contributed by atoms with van der Waals surface area (Å²) in [6.45, 7) is 6.18. The monoisotopic (exact) mass is 361 g/mol. The van der Waals surface area contributed by atoms with Crippen LogP contribution in [0.25, 0.3) is 11.3 Å². The first-order valence-electron chi connectivity index (χ1n) is 8.82. The molecule has 4 heteroatoms. The van der Waals surface area contributed by atoms with Gasteiger partial charge in [0.2, 0.25) is 5.90 Å². The predicted molar refractivity (Wildman–Crippen MR) is 108 cm³/mol. The van der Waals surface area contributed by atoms with E-state index < -0.39 is 5.97 Å². The van der Waals surface area contributed by atoms with Crippen molar-refractivity contribution in [2.75, 3.05) is 7.11 Å². The maximum Gasteiger partial charge on any atom is 0.330 e. The molecule has 138 valence electrons. The van der Waals surface area contributed by atoms with Gasteiger partial charge in [-0.3, -0.25) is 0 Å². The van der Waals surface area contributed by atoms with Crippen molar-refractivity contribution in [2.45, 2.75) is 20.8 Å². The molecular weight excluding hydrogens is 338 g/mol. The van der Waals surface area contributed by atoms with Crippen LogP contribution in [0.2, 0.25) is 0 Å². The van der Waals surface area contributed by atoms with Gasteiger partial charge in [-0.25, -0.2) is 9.79 Å². The summed E-state index contributed by atoms with van der Waals surface area (Å²) in [6, 6.07) is 17.7. The van der Waals surface area contributed by atoms with Crippen molar-refractivity contribution >= 4 is 28.9 Å². The fourth-order valence-corrected chi connectivity index (χ4v) is 2.71. The van der Waals surface area contributed by atoms with Crippen LogP contribution in [0.3, 0.4) is 0 Å². The first-order valence-corrected chi connectivity index (χ1v) is 8.82. The van der Waals surface area contributed by atoms with Gasteiger partial charge in [-0.1, -0.05) is 63.2 Å². The molecule has 0 unspecified atom stereocenters. The van der Waals surface area contributed by atoms with Crippen molar-refractivity contribution in [3.63, 3.8) is 0 Å². The summed E-state index contributed by atoms with van der Waals surface area (Å²) in [5.41, 5.74) is 3.22. The molecule has 0 atom stereocenters. The average molecular weight is 361 g/mol. The SMILES string of the molecule is COC(=O)/C=C/C(=C1/OC(C(C)(C)C)=Nc2ccccc21)c1ccccc1. The van der Waals surface area contributed by atoms with E-state index >= 15 is 0 Å². The smallest absolute Gasteiger partial charge is 0.330 e. The van der Waals surface area contributed by atoms with Crippen molar-refractivity contribution in [3.8, 4) is 0 Å². The van der Waals surface area contributed by atoms with Gasteiger partial charge >= 0.3 is 5.97 Å². The number of para-hydroxylation sites is 1. The molecule has 0 N–H and O–H groups in total. The summed E-state index contributed by atoms with van der Waals surface area (Å²) >= 11 is 0. The van der Waals surface area contributed by atoms with E-state index in [4.69, 9.17) is 14.5 Å². The lowest BCUT2D eigenvalue weighted by atomic mass is 9.94. The lowest BCUT2D eigenvalue weighted by molar-refractivity contribution is -0.134. The van der Waals surface area contributed by atoms with Gasteiger partial charge in [0.1, 0.15) is 5.76 Å². The molecule has 0 aliphatic carbocycles. The zero-order valence-electron chi connectivity index (χ0n) is 16.0. The molecule has 3 rings (SSSR count). The Morgan fingerprint density at radius 3 is 2.33 bits per heavy atom. The van der Waals surface area contributed by atoms with Crippen LogP contribution >= 0.6 is 0 Å². The van der Waals surface area contributed by atoms with Crippen LogP contribution in [-0.4, -0.2) is 19.0 Å². The number of nitrogens with zero attached hydrogens (tertiary/aromatic N) is 1. The molecule has 2 aromatic rings. The molecule has 0 amide bonds. The normalized spacial score (nSPS) is 15.6. The second-order valence-corrected chi connectivity index (χ2v) is 7.25. The summed E-state index contributed by atoms with van der Waals surface area (Å²) in [6.07, 6.45) is 3.14. The van der Waals surface area contributed by atoms with Crippen LogP contribution < -0.4 is 0 Å². The molecule has 0 saturated carbocycles. The number of methoxy groups -OCH3 is 1. The first-order chi connectivity index (χ1) is 12.9. The number of rotatable bonds is 3. The molecule has 0 saturated heterocycles. The number of ether oxygens (including phenoxy) is 2. The zero-order chi connectivity index (χ0) is 19.4. The number of aliphatic imine (C=N–C) groups is 1. The van der Waals surface area contributed by atoms with Gasteiger partial charge in [0.25, 0.3) is 0 Å². The number of allylic oxidation sites excluding steroid dienone is 2. The van der Waals surface area contributed by atoms with Gasteiger partial charge in [0, 0.05) is 22.6 Å². The van der Waals surface area contributed by atoms with Gasteiger partial charge < -0.3 is 9.47 Å². The molecule has 1 aliphatic rings. The number of fused-ring (bicyclic) bond motifs is 1. The quantitative estimate of drug-likeness (QED) is 0.544. The largest absolute Gasteiger partial charge is 0.466 e. The van der Waals surface area contributed by atoms with Crippen LogP contribution in [0.4, 0.5) is 5.69 Å². The number of hydrogen-bond donors (Lipinski definition) is 0.